The van der Waals surface area contributed by atoms with Crippen molar-refractivity contribution >= 4 is 45.2 Å². The fraction of sp³-hybridized carbons (Fsp3) is 1.00. The second-order valence-corrected chi connectivity index (χ2v) is 9.05. The summed E-state index contributed by atoms with van der Waals surface area (Å²) in [6, 6.07) is 0. The summed E-state index contributed by atoms with van der Waals surface area (Å²) in [6.45, 7) is 2.28. The highest BCUT2D eigenvalue weighted by Gasteiger charge is 1.96. The lowest BCUT2D eigenvalue weighted by Crippen LogP contribution is -1.85. The molecule has 2 heteroatoms. The van der Waals surface area contributed by atoms with Crippen molar-refractivity contribution in [2.24, 2.45) is 0 Å². The molecule has 0 saturated heterocycles. The van der Waals surface area contributed by atoms with E-state index < -0.39 is 0 Å². The van der Waals surface area contributed by atoms with Gasteiger partial charge in [0.1, 0.15) is 0 Å². The van der Waals surface area contributed by atoms with Gasteiger partial charge in [-0.3, -0.25) is 0 Å². The molecule has 0 aromatic heterocycles. The Morgan fingerprint density at radius 2 is 1.23 bits per heavy atom. The van der Waals surface area contributed by atoms with Gasteiger partial charge in [0.2, 0.25) is 0 Å². The van der Waals surface area contributed by atoms with Gasteiger partial charge in [-0.2, -0.15) is 0 Å². The van der Waals surface area contributed by atoms with E-state index in [2.05, 4.69) is 52.1 Å². The van der Waals surface area contributed by atoms with Crippen LogP contribution in [0.5, 0.6) is 0 Å². The van der Waals surface area contributed by atoms with Gasteiger partial charge >= 0.3 is 0 Å². The van der Waals surface area contributed by atoms with Gasteiger partial charge < -0.3 is 0 Å². The zero-order valence-electron chi connectivity index (χ0n) is 8.70. The minimum atomic E-state index is 0.843. The SMILES string of the molecule is CCCCCCCCCCC(I)I. The molecular weight excluding hydrogens is 386 g/mol. The molecule has 0 spiro atoms. The summed E-state index contributed by atoms with van der Waals surface area (Å²) >= 11 is 5.02. The van der Waals surface area contributed by atoms with Crippen LogP contribution in [0.2, 0.25) is 0 Å². The third-order valence-corrected chi connectivity index (χ3v) is 3.52. The molecule has 0 radical (unpaired) electrons. The molecule has 0 nitrogen and oxygen atoms in total. The molecule has 0 aromatic rings. The maximum absolute atomic E-state index is 2.51. The molecule has 0 heterocycles. The molecule has 0 N–H and O–H groups in total. The minimum Gasteiger partial charge on any atom is -0.0710 e. The number of rotatable bonds is 9. The first-order valence-corrected chi connectivity index (χ1v) is 8.04. The summed E-state index contributed by atoms with van der Waals surface area (Å²) in [6.07, 6.45) is 12.9. The van der Waals surface area contributed by atoms with Gasteiger partial charge in [0.15, 0.2) is 0 Å². The van der Waals surface area contributed by atoms with Crippen LogP contribution in [0.15, 0.2) is 0 Å². The Morgan fingerprint density at radius 3 is 1.69 bits per heavy atom. The second kappa shape index (κ2) is 11.5. The maximum Gasteiger partial charge on any atom is 0.0626 e. The van der Waals surface area contributed by atoms with Crippen LogP contribution in [-0.4, -0.2) is 1.93 Å². The van der Waals surface area contributed by atoms with Gasteiger partial charge in [0.25, 0.3) is 0 Å². The van der Waals surface area contributed by atoms with Gasteiger partial charge in [0, 0.05) is 0 Å². The fourth-order valence-corrected chi connectivity index (χ4v) is 2.31. The van der Waals surface area contributed by atoms with Crippen LogP contribution >= 0.6 is 45.2 Å². The summed E-state index contributed by atoms with van der Waals surface area (Å²) in [5, 5.41) is 0. The molecule has 0 fully saturated rings. The van der Waals surface area contributed by atoms with E-state index in [0.29, 0.717) is 0 Å². The smallest absolute Gasteiger partial charge is 0.0626 e. The van der Waals surface area contributed by atoms with Gasteiger partial charge in [-0.1, -0.05) is 103 Å². The highest BCUT2D eigenvalue weighted by molar-refractivity contribution is 14.2. The molecule has 0 amide bonds. The molecule has 13 heavy (non-hydrogen) atoms. The lowest BCUT2D eigenvalue weighted by atomic mass is 10.1. The highest BCUT2D eigenvalue weighted by atomic mass is 127. The standard InChI is InChI=1S/C11H22I2/c1-2-3-4-5-6-7-8-9-10-11(12)13/h11H,2-10H2,1H3. The average molecular weight is 408 g/mol. The van der Waals surface area contributed by atoms with E-state index in [-0.39, 0.29) is 0 Å². The first-order valence-electron chi connectivity index (χ1n) is 5.55. The molecule has 0 unspecified atom stereocenters. The highest BCUT2D eigenvalue weighted by Crippen LogP contribution is 2.18. The maximum atomic E-state index is 2.51. The summed E-state index contributed by atoms with van der Waals surface area (Å²) in [7, 11) is 0. The average Bonchev–Trinajstić information content (AvgIpc) is 2.09. The third-order valence-electron chi connectivity index (χ3n) is 2.28. The largest absolute Gasteiger partial charge is 0.0710 e. The molecule has 0 aromatic carbocycles. The molecule has 0 bridgehead atoms. The quantitative estimate of drug-likeness (QED) is 0.260. The normalized spacial score (nSPS) is 11.1. The summed E-state index contributed by atoms with van der Waals surface area (Å²) < 4.78 is 0.843. The van der Waals surface area contributed by atoms with Gasteiger partial charge in [-0.15, -0.1) is 0 Å². The van der Waals surface area contributed by atoms with Gasteiger partial charge in [-0.25, -0.2) is 0 Å². The molecular formula is C11H22I2. The zero-order valence-corrected chi connectivity index (χ0v) is 13.0. The second-order valence-electron chi connectivity index (χ2n) is 3.65. The monoisotopic (exact) mass is 408 g/mol. The summed E-state index contributed by atoms with van der Waals surface area (Å²) in [5.74, 6) is 0. The minimum absolute atomic E-state index is 0.843. The Bertz CT molecular complexity index is 92.1. The van der Waals surface area contributed by atoms with E-state index in [1.165, 1.54) is 57.8 Å². The van der Waals surface area contributed by atoms with Crippen LogP contribution in [-0.2, 0) is 0 Å². The fourth-order valence-electron chi connectivity index (χ4n) is 1.43. The van der Waals surface area contributed by atoms with Crippen LogP contribution in [0.1, 0.15) is 64.7 Å². The molecule has 0 aliphatic carbocycles. The zero-order chi connectivity index (χ0) is 9.94. The van der Waals surface area contributed by atoms with E-state index in [9.17, 15) is 0 Å². The van der Waals surface area contributed by atoms with Crippen LogP contribution in [0, 0.1) is 0 Å². The first kappa shape index (κ1) is 14.5. The van der Waals surface area contributed by atoms with E-state index in [4.69, 9.17) is 0 Å². The molecule has 0 rings (SSSR count). The molecule has 0 aliphatic heterocycles. The van der Waals surface area contributed by atoms with Crippen LogP contribution in [0.25, 0.3) is 0 Å². The number of hydrogen-bond donors (Lipinski definition) is 0. The van der Waals surface area contributed by atoms with E-state index in [0.717, 1.165) is 1.93 Å². The molecule has 80 valence electrons. The van der Waals surface area contributed by atoms with Crippen molar-refractivity contribution in [3.05, 3.63) is 0 Å². The molecule has 0 saturated carbocycles. The van der Waals surface area contributed by atoms with Crippen molar-refractivity contribution in [3.8, 4) is 0 Å². The number of alkyl halides is 2. The topological polar surface area (TPSA) is 0 Å². The van der Waals surface area contributed by atoms with Crippen molar-refractivity contribution in [1.29, 1.82) is 0 Å². The lowest BCUT2D eigenvalue weighted by molar-refractivity contribution is 0.573. The van der Waals surface area contributed by atoms with E-state index in [1.54, 1.807) is 0 Å². The van der Waals surface area contributed by atoms with Crippen molar-refractivity contribution in [2.45, 2.75) is 66.6 Å². The Labute approximate surface area is 111 Å². The van der Waals surface area contributed by atoms with Crippen molar-refractivity contribution in [1.82, 2.24) is 0 Å². The predicted molar refractivity (Wildman–Crippen MR) is 79.1 cm³/mol. The Balaban J connectivity index is 2.84. The Morgan fingerprint density at radius 1 is 0.769 bits per heavy atom. The lowest BCUT2D eigenvalue weighted by Gasteiger charge is -2.02. The van der Waals surface area contributed by atoms with Crippen molar-refractivity contribution in [3.63, 3.8) is 0 Å². The van der Waals surface area contributed by atoms with Crippen LogP contribution in [0.4, 0.5) is 0 Å². The summed E-state index contributed by atoms with van der Waals surface area (Å²) in [5.41, 5.74) is 0. The van der Waals surface area contributed by atoms with E-state index in [1.807, 2.05) is 0 Å². The number of halogens is 2. The van der Waals surface area contributed by atoms with E-state index >= 15 is 0 Å². The predicted octanol–water partition coefficient (Wildman–Crippen LogP) is 5.71. The molecule has 0 aliphatic rings. The summed E-state index contributed by atoms with van der Waals surface area (Å²) in [4.78, 5) is 0. The van der Waals surface area contributed by atoms with Crippen LogP contribution < -0.4 is 0 Å². The molecule has 0 atom stereocenters. The number of hydrogen-bond acceptors (Lipinski definition) is 0. The Kier molecular flexibility index (Phi) is 12.8. The van der Waals surface area contributed by atoms with Gasteiger partial charge in [0.05, 0.1) is 1.93 Å². The third kappa shape index (κ3) is 13.5. The van der Waals surface area contributed by atoms with Crippen molar-refractivity contribution < 1.29 is 0 Å². The number of unbranched alkanes of at least 4 members (excludes halogenated alkanes) is 7. The Hall–Kier alpha value is 1.46. The van der Waals surface area contributed by atoms with Crippen molar-refractivity contribution in [2.75, 3.05) is 0 Å². The van der Waals surface area contributed by atoms with Crippen LogP contribution in [0.3, 0.4) is 0 Å². The first-order chi connectivity index (χ1) is 6.27. The van der Waals surface area contributed by atoms with Gasteiger partial charge in [-0.05, 0) is 6.42 Å².